The van der Waals surface area contributed by atoms with Crippen molar-refractivity contribution in [2.24, 2.45) is 0 Å². The Bertz CT molecular complexity index is 705. The molecule has 0 saturated heterocycles. The number of hydrogen-bond acceptors (Lipinski definition) is 12. The summed E-state index contributed by atoms with van der Waals surface area (Å²) in [7, 11) is 0. The van der Waals surface area contributed by atoms with Crippen LogP contribution in [0.25, 0.3) is 0 Å². The van der Waals surface area contributed by atoms with Crippen molar-refractivity contribution >= 4 is 0 Å². The van der Waals surface area contributed by atoms with Gasteiger partial charge in [0.1, 0.15) is 0 Å². The van der Waals surface area contributed by atoms with Crippen LogP contribution < -0.4 is 0 Å². The second-order valence-electron chi connectivity index (χ2n) is 14.6. The summed E-state index contributed by atoms with van der Waals surface area (Å²) < 4.78 is 0. The molecule has 0 heterocycles. The summed E-state index contributed by atoms with van der Waals surface area (Å²) in [6.07, 6.45) is -8.04. The summed E-state index contributed by atoms with van der Waals surface area (Å²) in [5.41, 5.74) is -9.37. The molecule has 0 rings (SSSR count). The molecule has 0 aliphatic rings. The van der Waals surface area contributed by atoms with Crippen LogP contribution >= 0.6 is 0 Å². The average molecular weight is 615 g/mol. The second-order valence-corrected chi connectivity index (χ2v) is 14.6. The van der Waals surface area contributed by atoms with E-state index in [1.807, 2.05) is 0 Å². The van der Waals surface area contributed by atoms with E-state index in [4.69, 9.17) is 0 Å². The zero-order chi connectivity index (χ0) is 33.5. The van der Waals surface area contributed by atoms with Gasteiger partial charge in [0.2, 0.25) is 0 Å². The van der Waals surface area contributed by atoms with Gasteiger partial charge >= 0.3 is 0 Å². The van der Waals surface area contributed by atoms with Gasteiger partial charge in [0.25, 0.3) is 0 Å². The Morgan fingerprint density at radius 2 is 0.476 bits per heavy atom. The Morgan fingerprint density at radius 3 is 0.667 bits per heavy atom. The highest BCUT2D eigenvalue weighted by molar-refractivity contribution is 4.92. The predicted molar refractivity (Wildman–Crippen MR) is 157 cm³/mol. The van der Waals surface area contributed by atoms with Crippen molar-refractivity contribution in [3.8, 4) is 0 Å². The number of aliphatic hydroxyl groups is 12. The molecular formula is C30H62O12. The van der Waals surface area contributed by atoms with Crippen molar-refractivity contribution in [1.82, 2.24) is 0 Å². The highest BCUT2D eigenvalue weighted by atomic mass is 16.4. The Hall–Kier alpha value is -0.480. The van der Waals surface area contributed by atoms with Crippen molar-refractivity contribution in [3.05, 3.63) is 0 Å². The third kappa shape index (κ3) is 14.1. The molecule has 12 heteroatoms. The lowest BCUT2D eigenvalue weighted by molar-refractivity contribution is -0.121. The van der Waals surface area contributed by atoms with Crippen molar-refractivity contribution in [3.63, 3.8) is 0 Å². The van der Waals surface area contributed by atoms with Crippen LogP contribution in [0, 0.1) is 0 Å². The van der Waals surface area contributed by atoms with Crippen LogP contribution in [-0.2, 0) is 0 Å². The molecule has 0 aliphatic heterocycles. The molecule has 0 aromatic heterocycles. The highest BCUT2D eigenvalue weighted by Gasteiger charge is 2.39. The largest absolute Gasteiger partial charge is 0.390 e. The molecule has 0 aromatic carbocycles. The predicted octanol–water partition coefficient (Wildman–Crippen LogP) is -0.401. The molecule has 0 spiro atoms. The fraction of sp³-hybridized carbons (Fsp3) is 1.00. The zero-order valence-corrected chi connectivity index (χ0v) is 26.9. The lowest BCUT2D eigenvalue weighted by Crippen LogP contribution is -2.47. The van der Waals surface area contributed by atoms with E-state index in [0.29, 0.717) is 0 Å². The summed E-state index contributed by atoms with van der Waals surface area (Å²) in [5, 5.41) is 125. The summed E-state index contributed by atoms with van der Waals surface area (Å²) in [6.45, 7) is 11.2. The third-order valence-corrected chi connectivity index (χ3v) is 8.91. The fourth-order valence-corrected chi connectivity index (χ4v) is 4.65. The summed E-state index contributed by atoms with van der Waals surface area (Å²) >= 11 is 0. The van der Waals surface area contributed by atoms with Gasteiger partial charge in [-0.25, -0.2) is 0 Å². The first-order chi connectivity index (χ1) is 18.6. The molecule has 42 heavy (non-hydrogen) atoms. The normalized spacial score (nSPS) is 23.4. The molecule has 12 nitrogen and oxygen atoms in total. The van der Waals surface area contributed by atoms with Crippen LogP contribution in [0.5, 0.6) is 0 Å². The Balaban J connectivity index is 4.85. The van der Waals surface area contributed by atoms with Crippen LogP contribution in [-0.4, -0.2) is 132 Å². The Morgan fingerprint density at radius 1 is 0.310 bits per heavy atom. The van der Waals surface area contributed by atoms with Crippen molar-refractivity contribution in [1.29, 1.82) is 0 Å². The average Bonchev–Trinajstić information content (AvgIpc) is 2.84. The van der Waals surface area contributed by atoms with Gasteiger partial charge < -0.3 is 61.3 Å². The fourth-order valence-electron chi connectivity index (χ4n) is 4.65. The lowest BCUT2D eigenvalue weighted by atomic mass is 9.81. The monoisotopic (exact) mass is 614 g/mol. The topological polar surface area (TPSA) is 243 Å². The molecule has 0 bridgehead atoms. The number of rotatable bonds is 21. The maximum absolute atomic E-state index is 10.8. The van der Waals surface area contributed by atoms with Crippen molar-refractivity contribution < 1.29 is 61.3 Å². The van der Waals surface area contributed by atoms with Crippen molar-refractivity contribution in [2.45, 2.75) is 190 Å². The lowest BCUT2D eigenvalue weighted by Gasteiger charge is -2.36. The highest BCUT2D eigenvalue weighted by Crippen LogP contribution is 2.31. The van der Waals surface area contributed by atoms with E-state index in [1.165, 1.54) is 55.4 Å². The Kier molecular flexibility index (Phi) is 15.5. The zero-order valence-electron chi connectivity index (χ0n) is 26.9. The summed E-state index contributed by atoms with van der Waals surface area (Å²) in [5.74, 6) is 0. The van der Waals surface area contributed by atoms with E-state index in [1.54, 1.807) is 0 Å². The summed E-state index contributed by atoms with van der Waals surface area (Å²) in [6, 6.07) is 0. The second kappa shape index (κ2) is 15.7. The van der Waals surface area contributed by atoms with E-state index in [9.17, 15) is 61.3 Å². The van der Waals surface area contributed by atoms with Crippen LogP contribution in [0.1, 0.15) is 120 Å². The minimum atomic E-state index is -1.70. The molecule has 0 unspecified atom stereocenters. The van der Waals surface area contributed by atoms with E-state index < -0.39 is 70.2 Å². The van der Waals surface area contributed by atoms with Gasteiger partial charge in [0, 0.05) is 0 Å². The van der Waals surface area contributed by atoms with E-state index in [0.717, 1.165) is 0 Å². The van der Waals surface area contributed by atoms with E-state index >= 15 is 0 Å². The molecule has 0 fully saturated rings. The molecule has 0 radical (unpaired) electrons. The first-order valence-electron chi connectivity index (χ1n) is 15.0. The van der Waals surface area contributed by atoms with Crippen LogP contribution in [0.3, 0.4) is 0 Å². The molecule has 12 N–H and O–H groups in total. The quantitative estimate of drug-likeness (QED) is 0.0790. The van der Waals surface area contributed by atoms with Gasteiger partial charge in [-0.1, -0.05) is 0 Å². The first-order valence-corrected chi connectivity index (χ1v) is 15.0. The molecule has 0 amide bonds. The maximum Gasteiger partial charge on any atom is 0.0878 e. The summed E-state index contributed by atoms with van der Waals surface area (Å²) in [4.78, 5) is 0. The standard InChI is InChI=1S/C30H62O12/c1-25(2,37)19(31)11-15-29(7,41)23(35)13-17-27(5,39)21(33)9-10-22(34)28(6,40)18-14-24(36)30(8,42)16-12-20(32)26(3,4)38/h19-24,31-42H,9-18H2,1-8H3/t19-,20-,21-,22-,23-,24-,27+,28+,29+,30+/m1/s1. The molecule has 0 aliphatic carbocycles. The molecular weight excluding hydrogens is 552 g/mol. The van der Waals surface area contributed by atoms with E-state index in [2.05, 4.69) is 0 Å². The molecule has 10 atom stereocenters. The smallest absolute Gasteiger partial charge is 0.0878 e. The van der Waals surface area contributed by atoms with Crippen molar-refractivity contribution in [2.75, 3.05) is 0 Å². The van der Waals surface area contributed by atoms with Gasteiger partial charge in [-0.05, 0) is 120 Å². The minimum absolute atomic E-state index is 0.0157. The van der Waals surface area contributed by atoms with Gasteiger partial charge in [-0.15, -0.1) is 0 Å². The first kappa shape index (κ1) is 41.5. The Labute approximate surface area is 251 Å². The van der Waals surface area contributed by atoms with Gasteiger partial charge in [0.15, 0.2) is 0 Å². The van der Waals surface area contributed by atoms with Gasteiger partial charge in [-0.3, -0.25) is 0 Å². The molecule has 254 valence electrons. The van der Waals surface area contributed by atoms with Crippen LogP contribution in [0.15, 0.2) is 0 Å². The van der Waals surface area contributed by atoms with E-state index in [-0.39, 0.29) is 64.2 Å². The van der Waals surface area contributed by atoms with Crippen LogP contribution in [0.2, 0.25) is 0 Å². The van der Waals surface area contributed by atoms with Gasteiger partial charge in [-0.2, -0.15) is 0 Å². The van der Waals surface area contributed by atoms with Gasteiger partial charge in [0.05, 0.1) is 70.2 Å². The molecule has 0 saturated carbocycles. The molecule has 0 aromatic rings. The minimum Gasteiger partial charge on any atom is -0.390 e. The maximum atomic E-state index is 10.8. The number of aliphatic hydroxyl groups excluding tert-OH is 6. The van der Waals surface area contributed by atoms with Crippen LogP contribution in [0.4, 0.5) is 0 Å². The SMILES string of the molecule is CC(C)(O)[C@H](O)CC[C@](C)(O)[C@H](O)CC[C@](C)(O)[C@H](O)CC[C@@H](O)[C@@](C)(O)CC[C@@H](O)[C@@](C)(O)CC[C@@H](O)C(C)(C)O. The number of hydrogen-bond donors (Lipinski definition) is 12. The third-order valence-electron chi connectivity index (χ3n) is 8.91.